The maximum Gasteiger partial charge on any atom is 0.0773 e. The zero-order valence-corrected chi connectivity index (χ0v) is 12.2. The van der Waals surface area contributed by atoms with Gasteiger partial charge in [0.2, 0.25) is 0 Å². The van der Waals surface area contributed by atoms with E-state index >= 15 is 0 Å². The van der Waals surface area contributed by atoms with Crippen LogP contribution in [0.3, 0.4) is 0 Å². The van der Waals surface area contributed by atoms with Crippen LogP contribution in [0.2, 0.25) is 0 Å². The SMILES string of the molecule is COC(C)(C)C(N)CCN1CCCCCC1CO. The largest absolute Gasteiger partial charge is 0.395 e. The van der Waals surface area contributed by atoms with Crippen molar-refractivity contribution in [2.45, 2.75) is 63.6 Å². The molecule has 0 amide bonds. The molecule has 0 radical (unpaired) electrons. The summed E-state index contributed by atoms with van der Waals surface area (Å²) in [4.78, 5) is 2.40. The molecule has 1 aliphatic rings. The Kier molecular flexibility index (Phi) is 6.57. The minimum absolute atomic E-state index is 0.0325. The Morgan fingerprint density at radius 3 is 2.72 bits per heavy atom. The fourth-order valence-corrected chi connectivity index (χ4v) is 2.54. The number of likely N-dealkylation sites (tertiary alicyclic amines) is 1. The van der Waals surface area contributed by atoms with E-state index < -0.39 is 0 Å². The van der Waals surface area contributed by atoms with Gasteiger partial charge in [0, 0.05) is 25.7 Å². The molecule has 1 saturated heterocycles. The van der Waals surface area contributed by atoms with Gasteiger partial charge >= 0.3 is 0 Å². The molecule has 1 fully saturated rings. The van der Waals surface area contributed by atoms with Crippen LogP contribution in [0, 0.1) is 0 Å². The minimum Gasteiger partial charge on any atom is -0.395 e. The first-order valence-corrected chi connectivity index (χ1v) is 7.17. The highest BCUT2D eigenvalue weighted by Gasteiger charge is 2.27. The molecule has 4 nitrogen and oxygen atoms in total. The second-order valence-electron chi connectivity index (χ2n) is 5.92. The molecule has 4 heteroatoms. The Morgan fingerprint density at radius 1 is 1.39 bits per heavy atom. The summed E-state index contributed by atoms with van der Waals surface area (Å²) in [7, 11) is 1.71. The lowest BCUT2D eigenvalue weighted by Crippen LogP contribution is -2.48. The van der Waals surface area contributed by atoms with Crippen LogP contribution in [-0.2, 0) is 4.74 Å². The van der Waals surface area contributed by atoms with Crippen LogP contribution in [0.25, 0.3) is 0 Å². The van der Waals surface area contributed by atoms with E-state index in [9.17, 15) is 5.11 Å². The number of aliphatic hydroxyl groups is 1. The van der Waals surface area contributed by atoms with Crippen molar-refractivity contribution in [1.29, 1.82) is 0 Å². The summed E-state index contributed by atoms with van der Waals surface area (Å²) in [5.74, 6) is 0. The lowest BCUT2D eigenvalue weighted by Gasteiger charge is -2.34. The smallest absolute Gasteiger partial charge is 0.0773 e. The standard InChI is InChI=1S/C14H30N2O2/c1-14(2,18-3)13(15)8-10-16-9-6-4-5-7-12(16)11-17/h12-13,17H,4-11,15H2,1-3H3. The van der Waals surface area contributed by atoms with E-state index in [0.29, 0.717) is 6.04 Å². The van der Waals surface area contributed by atoms with E-state index in [1.54, 1.807) is 7.11 Å². The quantitative estimate of drug-likeness (QED) is 0.755. The Bertz CT molecular complexity index is 234. The van der Waals surface area contributed by atoms with E-state index in [2.05, 4.69) is 4.90 Å². The van der Waals surface area contributed by atoms with E-state index in [0.717, 1.165) is 25.9 Å². The number of hydrogen-bond donors (Lipinski definition) is 2. The van der Waals surface area contributed by atoms with Crippen LogP contribution in [0.5, 0.6) is 0 Å². The molecule has 1 heterocycles. The molecule has 0 aromatic rings. The maximum absolute atomic E-state index is 9.46. The maximum atomic E-state index is 9.46. The van der Waals surface area contributed by atoms with Gasteiger partial charge in [-0.3, -0.25) is 4.90 Å². The first-order valence-electron chi connectivity index (χ1n) is 7.17. The summed E-state index contributed by atoms with van der Waals surface area (Å²) in [6.07, 6.45) is 5.77. The molecule has 1 rings (SSSR count). The Balaban J connectivity index is 2.44. The van der Waals surface area contributed by atoms with Gasteiger partial charge in [0.15, 0.2) is 0 Å². The average Bonchev–Trinajstić information content (AvgIpc) is 2.60. The fourth-order valence-electron chi connectivity index (χ4n) is 2.54. The van der Waals surface area contributed by atoms with Crippen LogP contribution < -0.4 is 5.73 Å². The average molecular weight is 258 g/mol. The Hall–Kier alpha value is -0.160. The molecule has 108 valence electrons. The van der Waals surface area contributed by atoms with Crippen molar-refractivity contribution in [3.05, 3.63) is 0 Å². The van der Waals surface area contributed by atoms with Crippen molar-refractivity contribution in [2.75, 3.05) is 26.8 Å². The molecule has 0 aromatic carbocycles. The number of ether oxygens (including phenoxy) is 1. The van der Waals surface area contributed by atoms with Crippen molar-refractivity contribution in [3.63, 3.8) is 0 Å². The molecule has 0 aliphatic carbocycles. The summed E-state index contributed by atoms with van der Waals surface area (Å²) in [5, 5.41) is 9.46. The van der Waals surface area contributed by atoms with Gasteiger partial charge < -0.3 is 15.6 Å². The zero-order chi connectivity index (χ0) is 13.6. The summed E-state index contributed by atoms with van der Waals surface area (Å²) in [6.45, 7) is 6.38. The van der Waals surface area contributed by atoms with Gasteiger partial charge in [0.1, 0.15) is 0 Å². The number of nitrogens with two attached hydrogens (primary N) is 1. The molecule has 0 saturated carbocycles. The molecule has 0 spiro atoms. The van der Waals surface area contributed by atoms with E-state index in [-0.39, 0.29) is 18.2 Å². The molecule has 1 aliphatic heterocycles. The van der Waals surface area contributed by atoms with Gasteiger partial charge in [-0.25, -0.2) is 0 Å². The second kappa shape index (κ2) is 7.43. The van der Waals surface area contributed by atoms with Crippen molar-refractivity contribution in [3.8, 4) is 0 Å². The number of hydrogen-bond acceptors (Lipinski definition) is 4. The Labute approximate surface area is 111 Å². The van der Waals surface area contributed by atoms with Gasteiger partial charge in [-0.05, 0) is 39.7 Å². The summed E-state index contributed by atoms with van der Waals surface area (Å²) in [5.41, 5.74) is 5.91. The van der Waals surface area contributed by atoms with E-state index in [1.807, 2.05) is 13.8 Å². The minimum atomic E-state index is -0.277. The van der Waals surface area contributed by atoms with Crippen LogP contribution in [0.4, 0.5) is 0 Å². The van der Waals surface area contributed by atoms with Crippen molar-refractivity contribution in [2.24, 2.45) is 5.73 Å². The van der Waals surface area contributed by atoms with Gasteiger partial charge in [-0.15, -0.1) is 0 Å². The van der Waals surface area contributed by atoms with Crippen LogP contribution in [0.15, 0.2) is 0 Å². The highest BCUT2D eigenvalue weighted by atomic mass is 16.5. The van der Waals surface area contributed by atoms with E-state index in [4.69, 9.17) is 10.5 Å². The van der Waals surface area contributed by atoms with Crippen LogP contribution in [-0.4, -0.2) is 54.5 Å². The van der Waals surface area contributed by atoms with Gasteiger partial charge in [0.05, 0.1) is 12.2 Å². The number of methoxy groups -OCH3 is 1. The molecule has 3 N–H and O–H groups in total. The summed E-state index contributed by atoms with van der Waals surface area (Å²) < 4.78 is 5.42. The van der Waals surface area contributed by atoms with Crippen LogP contribution in [0.1, 0.15) is 46.0 Å². The molecule has 18 heavy (non-hydrogen) atoms. The molecular weight excluding hydrogens is 228 g/mol. The Morgan fingerprint density at radius 2 is 2.11 bits per heavy atom. The second-order valence-corrected chi connectivity index (χ2v) is 5.92. The van der Waals surface area contributed by atoms with Crippen molar-refractivity contribution >= 4 is 0 Å². The monoisotopic (exact) mass is 258 g/mol. The molecular formula is C14H30N2O2. The number of nitrogens with zero attached hydrogens (tertiary/aromatic N) is 1. The molecule has 0 aromatic heterocycles. The van der Waals surface area contributed by atoms with Gasteiger partial charge in [-0.1, -0.05) is 12.8 Å². The summed E-state index contributed by atoms with van der Waals surface area (Å²) >= 11 is 0. The predicted octanol–water partition coefficient (Wildman–Crippen LogP) is 1.37. The number of aliphatic hydroxyl groups excluding tert-OH is 1. The number of rotatable bonds is 6. The third kappa shape index (κ3) is 4.50. The molecule has 0 bridgehead atoms. The first-order chi connectivity index (χ1) is 8.51. The molecule has 2 unspecified atom stereocenters. The fraction of sp³-hybridized carbons (Fsp3) is 1.00. The molecule has 2 atom stereocenters. The normalized spacial score (nSPS) is 24.8. The predicted molar refractivity (Wildman–Crippen MR) is 74.6 cm³/mol. The van der Waals surface area contributed by atoms with Crippen molar-refractivity contribution < 1.29 is 9.84 Å². The van der Waals surface area contributed by atoms with Crippen molar-refractivity contribution in [1.82, 2.24) is 4.90 Å². The third-order valence-corrected chi connectivity index (χ3v) is 4.36. The highest BCUT2D eigenvalue weighted by molar-refractivity contribution is 4.84. The highest BCUT2D eigenvalue weighted by Crippen LogP contribution is 2.19. The first kappa shape index (κ1) is 15.9. The zero-order valence-electron chi connectivity index (χ0n) is 12.2. The van der Waals surface area contributed by atoms with E-state index in [1.165, 1.54) is 19.3 Å². The lowest BCUT2D eigenvalue weighted by molar-refractivity contribution is -0.00552. The topological polar surface area (TPSA) is 58.7 Å². The summed E-state index contributed by atoms with van der Waals surface area (Å²) in [6, 6.07) is 0.357. The van der Waals surface area contributed by atoms with Crippen LogP contribution >= 0.6 is 0 Å². The van der Waals surface area contributed by atoms with Gasteiger partial charge in [0.25, 0.3) is 0 Å². The third-order valence-electron chi connectivity index (χ3n) is 4.36. The van der Waals surface area contributed by atoms with Gasteiger partial charge in [-0.2, -0.15) is 0 Å². The lowest BCUT2D eigenvalue weighted by atomic mass is 9.96.